The van der Waals surface area contributed by atoms with Crippen molar-refractivity contribution in [3.63, 3.8) is 0 Å². The summed E-state index contributed by atoms with van der Waals surface area (Å²) < 4.78 is 4.63. The molecule has 0 spiro atoms. The van der Waals surface area contributed by atoms with Crippen molar-refractivity contribution < 1.29 is 19.4 Å². The fourth-order valence-corrected chi connectivity index (χ4v) is 6.05. The Labute approximate surface area is 175 Å². The molecule has 1 unspecified atom stereocenters. The summed E-state index contributed by atoms with van der Waals surface area (Å²) >= 11 is 0. The van der Waals surface area contributed by atoms with Crippen LogP contribution >= 0.6 is 0 Å². The van der Waals surface area contributed by atoms with Gasteiger partial charge in [0.1, 0.15) is 6.54 Å². The number of amides is 1. The summed E-state index contributed by atoms with van der Waals surface area (Å²) in [5.74, 6) is -0.696. The van der Waals surface area contributed by atoms with E-state index in [1.165, 1.54) is 29.3 Å². The number of piperidine rings is 1. The Morgan fingerprint density at radius 2 is 2.13 bits per heavy atom. The molecule has 1 saturated carbocycles. The van der Waals surface area contributed by atoms with E-state index in [2.05, 4.69) is 44.2 Å². The van der Waals surface area contributed by atoms with E-state index in [4.69, 9.17) is 0 Å². The molecule has 0 radical (unpaired) electrons. The standard InChI is InChI=1S/C23H29N3O4/c1-30-20(28)11-24-23(29)21-16-10-18-22-15(14-4-2-3-5-17(14)25-22)8-9-26(18)12-13(16)6-7-19(21)27/h2-5,13,16,18-19,21,25,27H,6-12H2,1H3,(H,24,29)/t13-,16-,18-,19-,21?/m0/s1. The van der Waals surface area contributed by atoms with Crippen molar-refractivity contribution in [1.29, 1.82) is 0 Å². The van der Waals surface area contributed by atoms with E-state index >= 15 is 0 Å². The van der Waals surface area contributed by atoms with Gasteiger partial charge >= 0.3 is 5.97 Å². The summed E-state index contributed by atoms with van der Waals surface area (Å²) in [4.78, 5) is 30.6. The van der Waals surface area contributed by atoms with Crippen LogP contribution in [-0.2, 0) is 20.7 Å². The number of ether oxygens (including phenoxy) is 1. The van der Waals surface area contributed by atoms with Crippen LogP contribution in [-0.4, -0.2) is 59.7 Å². The molecule has 5 rings (SSSR count). The highest BCUT2D eigenvalue weighted by Crippen LogP contribution is 2.49. The normalized spacial score (nSPS) is 30.8. The molecule has 1 aromatic carbocycles. The number of esters is 1. The van der Waals surface area contributed by atoms with E-state index < -0.39 is 18.0 Å². The van der Waals surface area contributed by atoms with Crippen LogP contribution in [0.5, 0.6) is 0 Å². The van der Waals surface area contributed by atoms with Gasteiger partial charge in [0.2, 0.25) is 5.91 Å². The van der Waals surface area contributed by atoms with Gasteiger partial charge < -0.3 is 20.1 Å². The van der Waals surface area contributed by atoms with Gasteiger partial charge in [0.15, 0.2) is 0 Å². The quantitative estimate of drug-likeness (QED) is 0.669. The molecule has 1 aliphatic carbocycles. The molecule has 1 amide bonds. The van der Waals surface area contributed by atoms with Gasteiger partial charge in [-0.15, -0.1) is 0 Å². The van der Waals surface area contributed by atoms with Gasteiger partial charge in [-0.1, -0.05) is 18.2 Å². The van der Waals surface area contributed by atoms with E-state index in [0.717, 1.165) is 32.4 Å². The summed E-state index contributed by atoms with van der Waals surface area (Å²) in [7, 11) is 1.30. The monoisotopic (exact) mass is 411 g/mol. The lowest BCUT2D eigenvalue weighted by molar-refractivity contribution is -0.145. The van der Waals surface area contributed by atoms with Crippen LogP contribution in [0.25, 0.3) is 10.9 Å². The first-order valence-corrected chi connectivity index (χ1v) is 10.9. The number of carbonyl (C=O) groups excluding carboxylic acids is 2. The van der Waals surface area contributed by atoms with Gasteiger partial charge in [-0.05, 0) is 49.1 Å². The Kier molecular flexibility index (Phi) is 5.03. The molecule has 3 aliphatic rings. The fourth-order valence-electron chi connectivity index (χ4n) is 6.05. The SMILES string of the molecule is COC(=O)CNC(=O)C1[C@H]2C[C@H]3c4[nH]c5ccccc5c4CCN3C[C@@H]2CC[C@@H]1O. The number of aromatic amines is 1. The molecular weight excluding hydrogens is 382 g/mol. The number of aromatic nitrogens is 1. The molecule has 3 heterocycles. The van der Waals surface area contributed by atoms with Gasteiger partial charge in [0.05, 0.1) is 25.2 Å². The average molecular weight is 412 g/mol. The smallest absolute Gasteiger partial charge is 0.325 e. The highest BCUT2D eigenvalue weighted by molar-refractivity contribution is 5.85. The molecule has 1 aromatic heterocycles. The van der Waals surface area contributed by atoms with Crippen molar-refractivity contribution in [3.8, 4) is 0 Å². The highest BCUT2D eigenvalue weighted by atomic mass is 16.5. The number of fused-ring (bicyclic) bond motifs is 6. The van der Waals surface area contributed by atoms with Gasteiger partial charge in [-0.3, -0.25) is 14.5 Å². The summed E-state index contributed by atoms with van der Waals surface area (Å²) in [5.41, 5.74) is 3.84. The Bertz CT molecular complexity index is 971. The minimum atomic E-state index is -0.666. The average Bonchev–Trinajstić information content (AvgIpc) is 3.15. The number of hydrogen-bond donors (Lipinski definition) is 3. The molecule has 7 heteroatoms. The maximum Gasteiger partial charge on any atom is 0.325 e. The maximum absolute atomic E-state index is 12.9. The van der Waals surface area contributed by atoms with Crippen LogP contribution in [0.1, 0.15) is 36.6 Å². The van der Waals surface area contributed by atoms with Crippen molar-refractivity contribution in [2.75, 3.05) is 26.7 Å². The Hall–Kier alpha value is -2.38. The van der Waals surface area contributed by atoms with Gasteiger partial charge in [0.25, 0.3) is 0 Å². The second-order valence-electron chi connectivity index (χ2n) is 8.95. The van der Waals surface area contributed by atoms with Gasteiger partial charge in [-0.2, -0.15) is 0 Å². The summed E-state index contributed by atoms with van der Waals surface area (Å²) in [6.07, 6.45) is 2.79. The Morgan fingerprint density at radius 1 is 1.30 bits per heavy atom. The predicted molar refractivity (Wildman–Crippen MR) is 112 cm³/mol. The van der Waals surface area contributed by atoms with Crippen LogP contribution in [0, 0.1) is 17.8 Å². The van der Waals surface area contributed by atoms with Crippen LogP contribution in [0.15, 0.2) is 24.3 Å². The third kappa shape index (κ3) is 3.20. The number of methoxy groups -OCH3 is 1. The number of para-hydroxylation sites is 1. The molecule has 2 aromatic rings. The minimum Gasteiger partial charge on any atom is -0.468 e. The molecular formula is C23H29N3O4. The fraction of sp³-hybridized carbons (Fsp3) is 0.565. The lowest BCUT2D eigenvalue weighted by Crippen LogP contribution is -2.55. The zero-order valence-corrected chi connectivity index (χ0v) is 17.3. The van der Waals surface area contributed by atoms with Crippen LogP contribution in [0.3, 0.4) is 0 Å². The number of benzene rings is 1. The molecule has 160 valence electrons. The van der Waals surface area contributed by atoms with E-state index in [-0.39, 0.29) is 24.4 Å². The zero-order chi connectivity index (χ0) is 20.8. The van der Waals surface area contributed by atoms with E-state index in [1.54, 1.807) is 0 Å². The number of carbonyl (C=O) groups is 2. The minimum absolute atomic E-state index is 0.102. The van der Waals surface area contributed by atoms with E-state index in [1.807, 2.05) is 0 Å². The first-order chi connectivity index (χ1) is 14.6. The molecule has 1 saturated heterocycles. The van der Waals surface area contributed by atoms with Crippen LogP contribution in [0.4, 0.5) is 0 Å². The molecule has 30 heavy (non-hydrogen) atoms. The van der Waals surface area contributed by atoms with Crippen molar-refractivity contribution in [2.45, 2.75) is 37.8 Å². The van der Waals surface area contributed by atoms with E-state index in [9.17, 15) is 14.7 Å². The topological polar surface area (TPSA) is 94.7 Å². The maximum atomic E-state index is 12.9. The second kappa shape index (κ2) is 7.71. The number of hydrogen-bond acceptors (Lipinski definition) is 5. The number of aliphatic hydroxyl groups is 1. The Morgan fingerprint density at radius 3 is 2.97 bits per heavy atom. The Balaban J connectivity index is 1.42. The van der Waals surface area contributed by atoms with E-state index in [0.29, 0.717) is 12.3 Å². The number of aliphatic hydroxyl groups excluding tert-OH is 1. The highest BCUT2D eigenvalue weighted by Gasteiger charge is 2.49. The molecule has 3 N–H and O–H groups in total. The first kappa shape index (κ1) is 19.6. The first-order valence-electron chi connectivity index (χ1n) is 10.9. The van der Waals surface area contributed by atoms with Crippen molar-refractivity contribution in [2.24, 2.45) is 17.8 Å². The largest absolute Gasteiger partial charge is 0.468 e. The molecule has 0 bridgehead atoms. The van der Waals surface area contributed by atoms with Crippen LogP contribution in [0.2, 0.25) is 0 Å². The molecule has 7 nitrogen and oxygen atoms in total. The summed E-state index contributed by atoms with van der Waals surface area (Å²) in [6.45, 7) is 1.83. The summed E-state index contributed by atoms with van der Waals surface area (Å²) in [6, 6.07) is 8.68. The predicted octanol–water partition coefficient (Wildman–Crippen LogP) is 1.76. The second-order valence-corrected chi connectivity index (χ2v) is 8.95. The van der Waals surface area contributed by atoms with Gasteiger partial charge in [-0.25, -0.2) is 0 Å². The number of H-pyrrole nitrogens is 1. The number of rotatable bonds is 3. The van der Waals surface area contributed by atoms with Crippen LogP contribution < -0.4 is 5.32 Å². The zero-order valence-electron chi connectivity index (χ0n) is 17.3. The van der Waals surface area contributed by atoms with Gasteiger partial charge in [0, 0.05) is 29.7 Å². The molecule has 5 atom stereocenters. The number of nitrogens with zero attached hydrogens (tertiary/aromatic N) is 1. The summed E-state index contributed by atoms with van der Waals surface area (Å²) in [5, 5.41) is 14.7. The third-order valence-electron chi connectivity index (χ3n) is 7.49. The third-order valence-corrected chi connectivity index (χ3v) is 7.49. The van der Waals surface area contributed by atoms with Crippen molar-refractivity contribution in [3.05, 3.63) is 35.5 Å². The molecule has 2 fully saturated rings. The van der Waals surface area contributed by atoms with Crippen molar-refractivity contribution in [1.82, 2.24) is 15.2 Å². The molecule has 2 aliphatic heterocycles. The lowest BCUT2D eigenvalue weighted by atomic mass is 9.64. The lowest BCUT2D eigenvalue weighted by Gasteiger charge is -2.51. The number of nitrogens with one attached hydrogen (secondary N) is 2. The van der Waals surface area contributed by atoms with Crippen molar-refractivity contribution >= 4 is 22.8 Å².